The van der Waals surface area contributed by atoms with Gasteiger partial charge in [-0.2, -0.15) is 0 Å². The van der Waals surface area contributed by atoms with Crippen LogP contribution in [0.2, 0.25) is 0 Å². The molecule has 1 unspecified atom stereocenters. The maximum Gasteiger partial charge on any atom is 0.306 e. The Hall–Kier alpha value is -3.41. The second-order valence-electron chi connectivity index (χ2n) is 6.84. The fourth-order valence-corrected chi connectivity index (χ4v) is 2.81. The number of carbonyl (C=O) groups is 2. The Morgan fingerprint density at radius 2 is 1.83 bits per heavy atom. The van der Waals surface area contributed by atoms with E-state index in [1.807, 2.05) is 68.4 Å². The molecular formula is C23H24N2O4. The van der Waals surface area contributed by atoms with Crippen molar-refractivity contribution < 1.29 is 18.7 Å². The molecule has 0 radical (unpaired) electrons. The number of hydrogen-bond donors (Lipinski definition) is 1. The van der Waals surface area contributed by atoms with Crippen molar-refractivity contribution in [2.75, 3.05) is 6.61 Å². The highest BCUT2D eigenvalue weighted by Gasteiger charge is 2.13. The molecule has 2 aromatic carbocycles. The van der Waals surface area contributed by atoms with E-state index in [0.717, 1.165) is 11.1 Å². The quantitative estimate of drug-likeness (QED) is 0.586. The van der Waals surface area contributed by atoms with Gasteiger partial charge in [0.15, 0.2) is 18.3 Å². The van der Waals surface area contributed by atoms with E-state index in [2.05, 4.69) is 10.3 Å². The Morgan fingerprint density at radius 1 is 1.10 bits per heavy atom. The molecule has 1 amide bonds. The SMILES string of the molecule is Cc1ccc(-c2cnc(CCC(=O)OCC(=O)NC(C)c3ccccc3)o2)cc1. The van der Waals surface area contributed by atoms with Crippen LogP contribution in [0.1, 0.15) is 36.4 Å². The van der Waals surface area contributed by atoms with Gasteiger partial charge < -0.3 is 14.5 Å². The molecule has 6 heteroatoms. The average molecular weight is 392 g/mol. The molecule has 1 heterocycles. The highest BCUT2D eigenvalue weighted by molar-refractivity contribution is 5.80. The fraction of sp³-hybridized carbons (Fsp3) is 0.261. The summed E-state index contributed by atoms with van der Waals surface area (Å²) in [4.78, 5) is 28.1. The van der Waals surface area contributed by atoms with Crippen LogP contribution in [0, 0.1) is 6.92 Å². The number of amides is 1. The zero-order chi connectivity index (χ0) is 20.6. The van der Waals surface area contributed by atoms with Gasteiger partial charge in [-0.05, 0) is 19.4 Å². The van der Waals surface area contributed by atoms with E-state index in [0.29, 0.717) is 18.1 Å². The lowest BCUT2D eigenvalue weighted by Gasteiger charge is -2.14. The van der Waals surface area contributed by atoms with Gasteiger partial charge in [0, 0.05) is 12.0 Å². The normalized spacial score (nSPS) is 11.7. The van der Waals surface area contributed by atoms with Crippen LogP contribution >= 0.6 is 0 Å². The van der Waals surface area contributed by atoms with E-state index in [9.17, 15) is 9.59 Å². The number of aromatic nitrogens is 1. The molecule has 0 spiro atoms. The number of hydrogen-bond acceptors (Lipinski definition) is 5. The van der Waals surface area contributed by atoms with Crippen LogP contribution in [0.4, 0.5) is 0 Å². The number of carbonyl (C=O) groups excluding carboxylic acids is 2. The highest BCUT2D eigenvalue weighted by atomic mass is 16.5. The van der Waals surface area contributed by atoms with E-state index >= 15 is 0 Å². The van der Waals surface area contributed by atoms with Gasteiger partial charge in [0.2, 0.25) is 0 Å². The van der Waals surface area contributed by atoms with E-state index in [1.165, 1.54) is 5.56 Å². The summed E-state index contributed by atoms with van der Waals surface area (Å²) in [5.41, 5.74) is 3.08. The highest BCUT2D eigenvalue weighted by Crippen LogP contribution is 2.21. The fourth-order valence-electron chi connectivity index (χ4n) is 2.81. The van der Waals surface area contributed by atoms with Crippen molar-refractivity contribution in [2.45, 2.75) is 32.7 Å². The number of rotatable bonds is 8. The number of ether oxygens (including phenoxy) is 1. The summed E-state index contributed by atoms with van der Waals surface area (Å²) in [7, 11) is 0. The summed E-state index contributed by atoms with van der Waals surface area (Å²) < 4.78 is 10.7. The largest absolute Gasteiger partial charge is 0.456 e. The van der Waals surface area contributed by atoms with Crippen molar-refractivity contribution in [3.8, 4) is 11.3 Å². The lowest BCUT2D eigenvalue weighted by Crippen LogP contribution is -2.31. The second kappa shape index (κ2) is 9.68. The van der Waals surface area contributed by atoms with Crippen molar-refractivity contribution in [2.24, 2.45) is 0 Å². The molecule has 0 saturated heterocycles. The molecule has 0 aliphatic heterocycles. The van der Waals surface area contributed by atoms with Crippen LogP contribution in [-0.2, 0) is 20.7 Å². The Labute approximate surface area is 169 Å². The number of nitrogens with zero attached hydrogens (tertiary/aromatic N) is 1. The number of benzene rings is 2. The summed E-state index contributed by atoms with van der Waals surface area (Å²) in [6.45, 7) is 3.59. The van der Waals surface area contributed by atoms with Gasteiger partial charge in [-0.25, -0.2) is 4.98 Å². The van der Waals surface area contributed by atoms with Gasteiger partial charge >= 0.3 is 5.97 Å². The standard InChI is InChI=1S/C23H24N2O4/c1-16-8-10-19(11-9-16)20-14-24-22(29-20)12-13-23(27)28-15-21(26)25-17(2)18-6-4-3-5-7-18/h3-11,14,17H,12-13,15H2,1-2H3,(H,25,26). The molecule has 0 aliphatic rings. The third kappa shape index (κ3) is 6.04. The van der Waals surface area contributed by atoms with E-state index in [1.54, 1.807) is 6.20 Å². The molecule has 1 aromatic heterocycles. The van der Waals surface area contributed by atoms with Crippen molar-refractivity contribution in [1.82, 2.24) is 10.3 Å². The first-order chi connectivity index (χ1) is 14.0. The van der Waals surface area contributed by atoms with E-state index in [-0.39, 0.29) is 25.0 Å². The van der Waals surface area contributed by atoms with Gasteiger partial charge in [-0.15, -0.1) is 0 Å². The second-order valence-corrected chi connectivity index (χ2v) is 6.84. The lowest BCUT2D eigenvalue weighted by molar-refractivity contribution is -0.148. The molecule has 3 rings (SSSR count). The van der Waals surface area contributed by atoms with Crippen molar-refractivity contribution in [1.29, 1.82) is 0 Å². The Kier molecular flexibility index (Phi) is 6.79. The first-order valence-electron chi connectivity index (χ1n) is 9.53. The number of aryl methyl sites for hydroxylation is 2. The maximum atomic E-state index is 12.0. The maximum absolute atomic E-state index is 12.0. The predicted octanol–water partition coefficient (Wildman–Crippen LogP) is 4.00. The van der Waals surface area contributed by atoms with Crippen LogP contribution in [0.3, 0.4) is 0 Å². The smallest absolute Gasteiger partial charge is 0.306 e. The number of nitrogens with one attached hydrogen (secondary N) is 1. The molecule has 29 heavy (non-hydrogen) atoms. The zero-order valence-corrected chi connectivity index (χ0v) is 16.6. The number of oxazole rings is 1. The summed E-state index contributed by atoms with van der Waals surface area (Å²) in [6, 6.07) is 17.3. The summed E-state index contributed by atoms with van der Waals surface area (Å²) in [5, 5.41) is 2.80. The molecule has 6 nitrogen and oxygen atoms in total. The minimum atomic E-state index is -0.470. The molecule has 3 aromatic rings. The molecule has 1 N–H and O–H groups in total. The molecular weight excluding hydrogens is 368 g/mol. The molecule has 0 bridgehead atoms. The first kappa shape index (κ1) is 20.3. The first-order valence-corrected chi connectivity index (χ1v) is 9.53. The minimum Gasteiger partial charge on any atom is -0.456 e. The minimum absolute atomic E-state index is 0.0926. The summed E-state index contributed by atoms with van der Waals surface area (Å²) in [5.74, 6) is 0.303. The van der Waals surface area contributed by atoms with Gasteiger partial charge in [-0.3, -0.25) is 9.59 Å². The van der Waals surface area contributed by atoms with Crippen molar-refractivity contribution in [3.05, 3.63) is 77.8 Å². The third-order valence-corrected chi connectivity index (χ3v) is 4.47. The van der Waals surface area contributed by atoms with Crippen LogP contribution < -0.4 is 5.32 Å². The Morgan fingerprint density at radius 3 is 2.55 bits per heavy atom. The van der Waals surface area contributed by atoms with Crippen molar-refractivity contribution >= 4 is 11.9 Å². The van der Waals surface area contributed by atoms with Crippen LogP contribution in [0.15, 0.2) is 65.2 Å². The molecule has 0 aliphatic carbocycles. The molecule has 0 saturated carbocycles. The average Bonchev–Trinajstić information content (AvgIpc) is 3.21. The van der Waals surface area contributed by atoms with Gasteiger partial charge in [-0.1, -0.05) is 60.2 Å². The van der Waals surface area contributed by atoms with Crippen LogP contribution in [0.25, 0.3) is 11.3 Å². The van der Waals surface area contributed by atoms with E-state index < -0.39 is 5.97 Å². The Bertz CT molecular complexity index is 949. The number of esters is 1. The Balaban J connectivity index is 1.41. The summed E-state index contributed by atoms with van der Waals surface area (Å²) in [6.07, 6.45) is 2.05. The molecule has 1 atom stereocenters. The monoisotopic (exact) mass is 392 g/mol. The zero-order valence-electron chi connectivity index (χ0n) is 16.6. The van der Waals surface area contributed by atoms with Gasteiger partial charge in [0.05, 0.1) is 18.7 Å². The van der Waals surface area contributed by atoms with Crippen molar-refractivity contribution in [3.63, 3.8) is 0 Å². The van der Waals surface area contributed by atoms with Crippen LogP contribution in [0.5, 0.6) is 0 Å². The van der Waals surface area contributed by atoms with Crippen LogP contribution in [-0.4, -0.2) is 23.5 Å². The topological polar surface area (TPSA) is 81.4 Å². The molecule has 0 fully saturated rings. The molecule has 150 valence electrons. The van der Waals surface area contributed by atoms with Gasteiger partial charge in [0.25, 0.3) is 5.91 Å². The van der Waals surface area contributed by atoms with E-state index in [4.69, 9.17) is 9.15 Å². The predicted molar refractivity (Wildman–Crippen MR) is 109 cm³/mol. The third-order valence-electron chi connectivity index (χ3n) is 4.47. The van der Waals surface area contributed by atoms with Gasteiger partial charge in [0.1, 0.15) is 0 Å². The lowest BCUT2D eigenvalue weighted by atomic mass is 10.1. The summed E-state index contributed by atoms with van der Waals surface area (Å²) >= 11 is 0.